The highest BCUT2D eigenvalue weighted by Gasteiger charge is 1.99. The number of guanidine groups is 1. The minimum Gasteiger partial charge on any atom is -0.382 e. The van der Waals surface area contributed by atoms with Gasteiger partial charge in [-0.1, -0.05) is 29.3 Å². The van der Waals surface area contributed by atoms with Crippen LogP contribution in [0, 0.1) is 13.8 Å². The number of ether oxygens (including phenoxy) is 2. The number of benzene rings is 1. The summed E-state index contributed by atoms with van der Waals surface area (Å²) in [5, 5.41) is 6.71. The topological polar surface area (TPSA) is 54.9 Å². The second-order valence-electron chi connectivity index (χ2n) is 5.98. The Morgan fingerprint density at radius 1 is 0.958 bits per heavy atom. The zero-order valence-electron chi connectivity index (χ0n) is 15.7. The molecule has 0 aliphatic rings. The normalized spacial score (nSPS) is 11.6. The second-order valence-corrected chi connectivity index (χ2v) is 5.98. The third-order valence-corrected chi connectivity index (χ3v) is 3.65. The van der Waals surface area contributed by atoms with E-state index < -0.39 is 0 Å². The van der Waals surface area contributed by atoms with Crippen molar-refractivity contribution in [2.75, 3.05) is 47.1 Å². The van der Waals surface area contributed by atoms with Crippen LogP contribution in [-0.2, 0) is 15.9 Å². The van der Waals surface area contributed by atoms with Crippen LogP contribution in [0.3, 0.4) is 0 Å². The Kier molecular flexibility index (Phi) is 10.9. The highest BCUT2D eigenvalue weighted by Crippen LogP contribution is 2.08. The predicted octanol–water partition coefficient (Wildman–Crippen LogP) is 2.45. The number of aliphatic imine (C=N–C) groups is 1. The van der Waals surface area contributed by atoms with Crippen LogP contribution in [0.4, 0.5) is 0 Å². The van der Waals surface area contributed by atoms with E-state index in [0.29, 0.717) is 13.2 Å². The lowest BCUT2D eigenvalue weighted by molar-refractivity contribution is 0.0689. The molecule has 0 atom stereocenters. The van der Waals surface area contributed by atoms with E-state index in [1.165, 1.54) is 16.7 Å². The van der Waals surface area contributed by atoms with Crippen molar-refractivity contribution in [1.29, 1.82) is 0 Å². The predicted molar refractivity (Wildman–Crippen MR) is 101 cm³/mol. The zero-order valence-corrected chi connectivity index (χ0v) is 15.7. The Morgan fingerprint density at radius 3 is 2.33 bits per heavy atom. The second kappa shape index (κ2) is 12.8. The number of hydrogen-bond donors (Lipinski definition) is 2. The SMILES string of the molecule is CN=C(NCCCCOCCOC)NCCc1cc(C)cc(C)c1. The molecule has 1 aromatic carbocycles. The third kappa shape index (κ3) is 9.53. The molecule has 5 nitrogen and oxygen atoms in total. The van der Waals surface area contributed by atoms with E-state index in [2.05, 4.69) is 47.7 Å². The minimum absolute atomic E-state index is 0.662. The molecular formula is C19H33N3O2. The monoisotopic (exact) mass is 335 g/mol. The molecule has 0 saturated heterocycles. The lowest BCUT2D eigenvalue weighted by Crippen LogP contribution is -2.38. The number of rotatable bonds is 11. The van der Waals surface area contributed by atoms with Crippen molar-refractivity contribution in [3.05, 3.63) is 34.9 Å². The van der Waals surface area contributed by atoms with Gasteiger partial charge in [-0.3, -0.25) is 4.99 Å². The van der Waals surface area contributed by atoms with E-state index in [9.17, 15) is 0 Å². The van der Waals surface area contributed by atoms with E-state index in [1.807, 2.05) is 0 Å². The first-order valence-corrected chi connectivity index (χ1v) is 8.74. The third-order valence-electron chi connectivity index (χ3n) is 3.65. The maximum Gasteiger partial charge on any atom is 0.190 e. The lowest BCUT2D eigenvalue weighted by atomic mass is 10.1. The van der Waals surface area contributed by atoms with Crippen molar-refractivity contribution < 1.29 is 9.47 Å². The van der Waals surface area contributed by atoms with Gasteiger partial charge in [0.2, 0.25) is 0 Å². The number of nitrogens with zero attached hydrogens (tertiary/aromatic N) is 1. The highest BCUT2D eigenvalue weighted by atomic mass is 16.5. The van der Waals surface area contributed by atoms with E-state index in [1.54, 1.807) is 14.2 Å². The van der Waals surface area contributed by atoms with Crippen LogP contribution < -0.4 is 10.6 Å². The summed E-state index contributed by atoms with van der Waals surface area (Å²) in [6, 6.07) is 6.69. The molecule has 0 spiro atoms. The molecule has 0 saturated carbocycles. The number of hydrogen-bond acceptors (Lipinski definition) is 3. The molecule has 136 valence electrons. The highest BCUT2D eigenvalue weighted by molar-refractivity contribution is 5.79. The van der Waals surface area contributed by atoms with E-state index in [0.717, 1.165) is 44.9 Å². The Bertz CT molecular complexity index is 469. The maximum absolute atomic E-state index is 5.44. The molecule has 0 heterocycles. The molecule has 2 N–H and O–H groups in total. The standard InChI is InChI=1S/C19H33N3O2/c1-16-13-17(2)15-18(14-16)7-9-22-19(20-3)21-8-5-6-10-24-12-11-23-4/h13-15H,5-12H2,1-4H3,(H2,20,21,22). The summed E-state index contributed by atoms with van der Waals surface area (Å²) < 4.78 is 10.4. The fraction of sp³-hybridized carbons (Fsp3) is 0.632. The quantitative estimate of drug-likeness (QED) is 0.370. The van der Waals surface area contributed by atoms with Gasteiger partial charge in [-0.05, 0) is 38.7 Å². The summed E-state index contributed by atoms with van der Waals surface area (Å²) >= 11 is 0. The van der Waals surface area contributed by atoms with Gasteiger partial charge < -0.3 is 20.1 Å². The molecule has 0 radical (unpaired) electrons. The number of unbranched alkanes of at least 4 members (excludes halogenated alkanes) is 1. The van der Waals surface area contributed by atoms with Crippen molar-refractivity contribution in [3.63, 3.8) is 0 Å². The molecule has 0 aliphatic carbocycles. The first-order chi connectivity index (χ1) is 11.7. The smallest absolute Gasteiger partial charge is 0.190 e. The summed E-state index contributed by atoms with van der Waals surface area (Å²) in [5.41, 5.74) is 4.00. The Morgan fingerprint density at radius 2 is 1.67 bits per heavy atom. The van der Waals surface area contributed by atoms with E-state index >= 15 is 0 Å². The van der Waals surface area contributed by atoms with Crippen LogP contribution >= 0.6 is 0 Å². The molecular weight excluding hydrogens is 302 g/mol. The molecule has 1 aromatic rings. The van der Waals surface area contributed by atoms with Crippen LogP contribution in [0.25, 0.3) is 0 Å². The van der Waals surface area contributed by atoms with Gasteiger partial charge in [-0.25, -0.2) is 0 Å². The summed E-state index contributed by atoms with van der Waals surface area (Å²) in [7, 11) is 3.49. The Balaban J connectivity index is 2.12. The van der Waals surface area contributed by atoms with Gasteiger partial charge in [0, 0.05) is 33.9 Å². The molecule has 0 amide bonds. The van der Waals surface area contributed by atoms with Crippen molar-refractivity contribution in [2.45, 2.75) is 33.1 Å². The molecule has 0 aromatic heterocycles. The summed E-state index contributed by atoms with van der Waals surface area (Å²) in [6.07, 6.45) is 3.09. The lowest BCUT2D eigenvalue weighted by Gasteiger charge is -2.12. The fourth-order valence-electron chi connectivity index (χ4n) is 2.54. The average molecular weight is 335 g/mol. The van der Waals surface area contributed by atoms with Gasteiger partial charge in [-0.15, -0.1) is 0 Å². The Hall–Kier alpha value is -1.59. The Labute approximate surface area is 146 Å². The van der Waals surface area contributed by atoms with Gasteiger partial charge in [-0.2, -0.15) is 0 Å². The molecule has 5 heteroatoms. The largest absolute Gasteiger partial charge is 0.382 e. The van der Waals surface area contributed by atoms with E-state index in [-0.39, 0.29) is 0 Å². The number of methoxy groups -OCH3 is 1. The van der Waals surface area contributed by atoms with Gasteiger partial charge in [0.25, 0.3) is 0 Å². The van der Waals surface area contributed by atoms with Crippen molar-refractivity contribution in [1.82, 2.24) is 10.6 Å². The van der Waals surface area contributed by atoms with Crippen molar-refractivity contribution in [2.24, 2.45) is 4.99 Å². The summed E-state index contributed by atoms with van der Waals surface area (Å²) in [6.45, 7) is 8.18. The zero-order chi connectivity index (χ0) is 17.6. The van der Waals surface area contributed by atoms with E-state index in [4.69, 9.17) is 9.47 Å². The molecule has 0 bridgehead atoms. The van der Waals surface area contributed by atoms with Gasteiger partial charge in [0.1, 0.15) is 0 Å². The minimum atomic E-state index is 0.662. The molecule has 24 heavy (non-hydrogen) atoms. The molecule has 1 rings (SSSR count). The van der Waals surface area contributed by atoms with Crippen LogP contribution in [0.15, 0.2) is 23.2 Å². The van der Waals surface area contributed by atoms with Crippen LogP contribution in [0.1, 0.15) is 29.5 Å². The van der Waals surface area contributed by atoms with Gasteiger partial charge in [0.05, 0.1) is 13.2 Å². The van der Waals surface area contributed by atoms with Crippen LogP contribution in [0.5, 0.6) is 0 Å². The van der Waals surface area contributed by atoms with Gasteiger partial charge in [0.15, 0.2) is 5.96 Å². The first-order valence-electron chi connectivity index (χ1n) is 8.74. The summed E-state index contributed by atoms with van der Waals surface area (Å²) in [5.74, 6) is 0.861. The molecule has 0 fully saturated rings. The average Bonchev–Trinajstić information content (AvgIpc) is 2.54. The number of aryl methyl sites for hydroxylation is 2. The van der Waals surface area contributed by atoms with Crippen LogP contribution in [-0.4, -0.2) is 53.0 Å². The maximum atomic E-state index is 5.44. The number of nitrogens with one attached hydrogen (secondary N) is 2. The molecule has 0 aliphatic heterocycles. The molecule has 0 unspecified atom stereocenters. The first kappa shape index (κ1) is 20.5. The van der Waals surface area contributed by atoms with Crippen LogP contribution in [0.2, 0.25) is 0 Å². The van der Waals surface area contributed by atoms with Crippen molar-refractivity contribution in [3.8, 4) is 0 Å². The van der Waals surface area contributed by atoms with Crippen molar-refractivity contribution >= 4 is 5.96 Å². The summed E-state index contributed by atoms with van der Waals surface area (Å²) in [4.78, 5) is 4.26. The fourth-order valence-corrected chi connectivity index (χ4v) is 2.54. The van der Waals surface area contributed by atoms with Gasteiger partial charge >= 0.3 is 0 Å².